The fraction of sp³-hybridized carbons (Fsp3) is 0.167. The lowest BCUT2D eigenvalue weighted by molar-refractivity contribution is -0.115. The molecule has 1 aliphatic rings. The Morgan fingerprint density at radius 1 is 1.16 bits per heavy atom. The van der Waals surface area contributed by atoms with E-state index < -0.39 is 10.8 Å². The van der Waals surface area contributed by atoms with Crippen molar-refractivity contribution in [3.05, 3.63) is 81.6 Å². The van der Waals surface area contributed by atoms with E-state index in [4.69, 9.17) is 0 Å². The van der Waals surface area contributed by atoms with Gasteiger partial charge in [-0.05, 0) is 77.6 Å². The molecule has 3 aromatic rings. The minimum absolute atomic E-state index is 0.131. The number of fused-ring (bicyclic) bond motifs is 1. The number of anilines is 1. The number of allylic oxidation sites excluding steroid dienone is 2. The molecule has 0 bridgehead atoms. The van der Waals surface area contributed by atoms with Gasteiger partial charge >= 0.3 is 0 Å². The minimum Gasteiger partial charge on any atom is -0.302 e. The number of nitrogens with zero attached hydrogens (tertiary/aromatic N) is 1. The van der Waals surface area contributed by atoms with Crippen LogP contribution in [0.5, 0.6) is 0 Å². The molecule has 1 N–H and O–H groups in total. The van der Waals surface area contributed by atoms with Gasteiger partial charge in [-0.1, -0.05) is 18.2 Å². The van der Waals surface area contributed by atoms with Crippen molar-refractivity contribution in [1.82, 2.24) is 4.98 Å². The molecule has 4 rings (SSSR count). The van der Waals surface area contributed by atoms with Crippen LogP contribution in [0.4, 0.5) is 9.52 Å². The largest absolute Gasteiger partial charge is 0.302 e. The van der Waals surface area contributed by atoms with Crippen LogP contribution in [0.15, 0.2) is 59.1 Å². The maximum absolute atomic E-state index is 14.0. The van der Waals surface area contributed by atoms with Gasteiger partial charge in [0.05, 0.1) is 6.42 Å². The molecule has 0 fully saturated rings. The molecule has 0 radical (unpaired) electrons. The van der Waals surface area contributed by atoms with Crippen LogP contribution in [0.2, 0.25) is 0 Å². The van der Waals surface area contributed by atoms with Crippen LogP contribution in [0.3, 0.4) is 0 Å². The fourth-order valence-electron chi connectivity index (χ4n) is 3.64. The van der Waals surface area contributed by atoms with Gasteiger partial charge in [0.25, 0.3) is 0 Å². The van der Waals surface area contributed by atoms with Crippen LogP contribution in [-0.2, 0) is 15.6 Å². The van der Waals surface area contributed by atoms with Crippen molar-refractivity contribution < 1.29 is 13.4 Å². The normalized spacial score (nSPS) is 15.3. The molecular formula is C24H21FN2O2S2. The summed E-state index contributed by atoms with van der Waals surface area (Å²) >= 11 is 1.42. The Morgan fingerprint density at radius 2 is 1.90 bits per heavy atom. The third kappa shape index (κ3) is 4.57. The first-order valence-corrected chi connectivity index (χ1v) is 12.1. The molecule has 31 heavy (non-hydrogen) atoms. The first-order valence-electron chi connectivity index (χ1n) is 9.69. The second-order valence-electron chi connectivity index (χ2n) is 7.38. The van der Waals surface area contributed by atoms with Crippen molar-refractivity contribution in [2.45, 2.75) is 25.2 Å². The second-order valence-corrected chi connectivity index (χ2v) is 9.99. The number of amides is 1. The molecule has 1 heterocycles. The summed E-state index contributed by atoms with van der Waals surface area (Å²) in [5.41, 5.74) is 5.28. The number of carbonyl (C=O) groups is 1. The maximum atomic E-state index is 14.0. The van der Waals surface area contributed by atoms with Crippen LogP contribution >= 0.6 is 11.3 Å². The van der Waals surface area contributed by atoms with Gasteiger partial charge in [0.15, 0.2) is 5.13 Å². The molecule has 0 saturated heterocycles. The number of hydrogen-bond donors (Lipinski definition) is 1. The van der Waals surface area contributed by atoms with E-state index in [-0.39, 0.29) is 18.1 Å². The first-order chi connectivity index (χ1) is 14.8. The van der Waals surface area contributed by atoms with Crippen LogP contribution in [0, 0.1) is 12.7 Å². The predicted molar refractivity (Wildman–Crippen MR) is 126 cm³/mol. The molecule has 0 spiro atoms. The number of aromatic nitrogens is 1. The Morgan fingerprint density at radius 3 is 2.55 bits per heavy atom. The highest BCUT2D eigenvalue weighted by Crippen LogP contribution is 2.44. The first kappa shape index (κ1) is 21.3. The van der Waals surface area contributed by atoms with E-state index in [1.807, 2.05) is 44.2 Å². The van der Waals surface area contributed by atoms with Crippen molar-refractivity contribution >= 4 is 50.4 Å². The topological polar surface area (TPSA) is 59.1 Å². The summed E-state index contributed by atoms with van der Waals surface area (Å²) < 4.78 is 25.7. The Kier molecular flexibility index (Phi) is 5.98. The van der Waals surface area contributed by atoms with Crippen molar-refractivity contribution in [2.75, 3.05) is 11.6 Å². The van der Waals surface area contributed by atoms with E-state index in [0.29, 0.717) is 5.13 Å². The molecule has 1 aromatic heterocycles. The molecule has 0 saturated carbocycles. The van der Waals surface area contributed by atoms with E-state index in [9.17, 15) is 13.4 Å². The number of aryl methyl sites for hydroxylation is 1. The van der Waals surface area contributed by atoms with Gasteiger partial charge in [0.1, 0.15) is 5.82 Å². The Balaban J connectivity index is 1.68. The number of halogens is 1. The summed E-state index contributed by atoms with van der Waals surface area (Å²) in [7, 11) is -1.04. The van der Waals surface area contributed by atoms with Gasteiger partial charge < -0.3 is 5.32 Å². The monoisotopic (exact) mass is 452 g/mol. The smallest absolute Gasteiger partial charge is 0.230 e. The van der Waals surface area contributed by atoms with Gasteiger partial charge in [-0.2, -0.15) is 0 Å². The van der Waals surface area contributed by atoms with Crippen LogP contribution in [0.1, 0.15) is 34.9 Å². The summed E-state index contributed by atoms with van der Waals surface area (Å²) in [5, 5.41) is 3.39. The van der Waals surface area contributed by atoms with Crippen molar-refractivity contribution in [1.29, 1.82) is 0 Å². The number of thiazole rings is 1. The molecule has 1 atom stereocenters. The fourth-order valence-corrected chi connectivity index (χ4v) is 4.84. The molecule has 7 heteroatoms. The zero-order valence-electron chi connectivity index (χ0n) is 17.4. The van der Waals surface area contributed by atoms with Gasteiger partial charge in [-0.15, -0.1) is 11.3 Å². The second kappa shape index (κ2) is 8.69. The van der Waals surface area contributed by atoms with E-state index >= 15 is 0 Å². The number of benzene rings is 2. The van der Waals surface area contributed by atoms with Gasteiger partial charge in [-0.25, -0.2) is 9.37 Å². The average Bonchev–Trinajstić information content (AvgIpc) is 3.24. The highest BCUT2D eigenvalue weighted by molar-refractivity contribution is 7.84. The molecule has 158 valence electrons. The van der Waals surface area contributed by atoms with Crippen molar-refractivity contribution in [2.24, 2.45) is 0 Å². The molecule has 0 unspecified atom stereocenters. The zero-order valence-corrected chi connectivity index (χ0v) is 19.0. The highest BCUT2D eigenvalue weighted by atomic mass is 32.2. The third-order valence-electron chi connectivity index (χ3n) is 5.18. The lowest BCUT2D eigenvalue weighted by Crippen LogP contribution is -2.11. The summed E-state index contributed by atoms with van der Waals surface area (Å²) in [6.07, 6.45) is 5.51. The van der Waals surface area contributed by atoms with E-state index in [1.165, 1.54) is 23.5 Å². The lowest BCUT2D eigenvalue weighted by Gasteiger charge is -2.06. The number of hydrogen-bond acceptors (Lipinski definition) is 4. The van der Waals surface area contributed by atoms with E-state index in [2.05, 4.69) is 10.3 Å². The number of rotatable bonds is 5. The molecule has 1 aliphatic carbocycles. The third-order valence-corrected chi connectivity index (χ3v) is 6.95. The van der Waals surface area contributed by atoms with Crippen molar-refractivity contribution in [3.8, 4) is 0 Å². The molecule has 1 amide bonds. The van der Waals surface area contributed by atoms with Crippen molar-refractivity contribution in [3.63, 3.8) is 0 Å². The number of carbonyl (C=O) groups excluding carboxylic acids is 1. The Bertz CT molecular complexity index is 1260. The zero-order chi connectivity index (χ0) is 22.1. The average molecular weight is 453 g/mol. The van der Waals surface area contributed by atoms with Gasteiger partial charge in [-0.3, -0.25) is 9.00 Å². The summed E-state index contributed by atoms with van der Waals surface area (Å²) in [4.78, 5) is 18.6. The van der Waals surface area contributed by atoms with Gasteiger partial charge in [0.2, 0.25) is 5.91 Å². The minimum atomic E-state index is -1.04. The molecule has 2 aromatic carbocycles. The summed E-state index contributed by atoms with van der Waals surface area (Å²) in [6.45, 7) is 3.88. The quantitative estimate of drug-likeness (QED) is 0.541. The standard InChI is InChI=1S/C24H21FN2O2S2/c1-14-13-26-24(30-14)27-23(28)12-21-15(2)20(19-9-6-17(25)11-22(19)21)10-16-4-7-18(8-5-16)31(3)29/h4-11,13H,12H2,1-3H3,(H,26,27,28)/b20-10+/t31-/m1/s1. The molecule has 4 nitrogen and oxygen atoms in total. The maximum Gasteiger partial charge on any atom is 0.230 e. The van der Waals surface area contributed by atoms with Gasteiger partial charge in [0, 0.05) is 33.0 Å². The highest BCUT2D eigenvalue weighted by Gasteiger charge is 2.26. The Labute approximate surface area is 187 Å². The molecular weight excluding hydrogens is 431 g/mol. The van der Waals surface area contributed by atoms with E-state index in [1.54, 1.807) is 18.5 Å². The van der Waals surface area contributed by atoms with Crippen LogP contribution in [0.25, 0.3) is 17.2 Å². The van der Waals surface area contributed by atoms with Crippen LogP contribution in [-0.4, -0.2) is 21.4 Å². The molecule has 0 aliphatic heterocycles. The van der Waals surface area contributed by atoms with Crippen LogP contribution < -0.4 is 5.32 Å². The lowest BCUT2D eigenvalue weighted by atomic mass is 10.0. The summed E-state index contributed by atoms with van der Waals surface area (Å²) in [5.74, 6) is -0.522. The predicted octanol–water partition coefficient (Wildman–Crippen LogP) is 5.68. The Hall–Kier alpha value is -2.90. The number of nitrogens with one attached hydrogen (secondary N) is 1. The summed E-state index contributed by atoms with van der Waals surface area (Å²) in [6, 6.07) is 12.2. The van der Waals surface area contributed by atoms with E-state index in [0.717, 1.165) is 43.2 Å². The SMILES string of the molecule is CC1=C(CC(=O)Nc2ncc(C)s2)c2cc(F)ccc2/C1=C/c1ccc([S@@](C)=O)cc1.